The van der Waals surface area contributed by atoms with Crippen LogP contribution in [0.25, 0.3) is 10.8 Å². The lowest BCUT2D eigenvalue weighted by molar-refractivity contribution is 0.282. The fourth-order valence-electron chi connectivity index (χ4n) is 3.08. The van der Waals surface area contributed by atoms with Crippen LogP contribution >= 0.6 is 0 Å². The molecule has 0 atom stereocenters. The van der Waals surface area contributed by atoms with Crippen LogP contribution in [0.5, 0.6) is 17.2 Å². The summed E-state index contributed by atoms with van der Waals surface area (Å²) >= 11 is 0. The maximum absolute atomic E-state index is 13.8. The number of benzene rings is 3. The summed E-state index contributed by atoms with van der Waals surface area (Å²) in [7, 11) is 0. The van der Waals surface area contributed by atoms with Crippen molar-refractivity contribution in [1.29, 1.82) is 5.26 Å². The van der Waals surface area contributed by atoms with Gasteiger partial charge in [0.15, 0.2) is 11.5 Å². The van der Waals surface area contributed by atoms with Crippen LogP contribution < -0.4 is 20.7 Å². The van der Waals surface area contributed by atoms with E-state index in [0.717, 1.165) is 10.8 Å². The number of nitrogens with one attached hydrogen (secondary N) is 1. The third kappa shape index (κ3) is 4.46. The molecular formula is C23H16FN3O4. The Balaban J connectivity index is 1.57. The van der Waals surface area contributed by atoms with Crippen LogP contribution in [0, 0.1) is 17.1 Å². The Labute approximate surface area is 175 Å². The average Bonchev–Trinajstić information content (AvgIpc) is 2.76. The molecule has 0 fully saturated rings. The number of hydrogen-bond acceptors (Lipinski definition) is 5. The topological polar surface area (TPSA) is 97.1 Å². The number of ether oxygens (including phenoxy) is 2. The molecule has 0 aliphatic carbocycles. The Morgan fingerprint density at radius 1 is 1.00 bits per heavy atom. The number of hydrogen-bond donors (Lipinski definition) is 1. The summed E-state index contributed by atoms with van der Waals surface area (Å²) in [6.07, 6.45) is 1.36. The summed E-state index contributed by atoms with van der Waals surface area (Å²) in [6.45, 7) is 0.198. The molecule has 4 rings (SSSR count). The van der Waals surface area contributed by atoms with E-state index in [1.54, 1.807) is 30.3 Å². The number of nitrogens with zero attached hydrogens (tertiary/aromatic N) is 2. The van der Waals surface area contributed by atoms with Gasteiger partial charge in [-0.2, -0.15) is 5.26 Å². The van der Waals surface area contributed by atoms with Crippen LogP contribution in [0.15, 0.2) is 76.4 Å². The Morgan fingerprint density at radius 2 is 1.87 bits per heavy atom. The molecule has 0 bridgehead atoms. The molecule has 0 spiro atoms. The maximum Gasteiger partial charge on any atom is 0.328 e. The second-order valence-electron chi connectivity index (χ2n) is 6.65. The van der Waals surface area contributed by atoms with Crippen molar-refractivity contribution in [2.75, 3.05) is 6.61 Å². The number of H-pyrrole nitrogens is 1. The van der Waals surface area contributed by atoms with E-state index in [4.69, 9.17) is 14.7 Å². The Kier molecular flexibility index (Phi) is 5.49. The molecule has 8 heteroatoms. The van der Waals surface area contributed by atoms with Crippen LogP contribution in [0.4, 0.5) is 4.39 Å². The number of fused-ring (bicyclic) bond motifs is 1. The van der Waals surface area contributed by atoms with Crippen LogP contribution in [-0.4, -0.2) is 16.2 Å². The fourth-order valence-corrected chi connectivity index (χ4v) is 3.08. The van der Waals surface area contributed by atoms with Gasteiger partial charge < -0.3 is 9.47 Å². The highest BCUT2D eigenvalue weighted by Gasteiger charge is 2.11. The number of aromatic amines is 1. The summed E-state index contributed by atoms with van der Waals surface area (Å²) < 4.78 is 26.8. The average molecular weight is 417 g/mol. The molecule has 1 heterocycles. The van der Waals surface area contributed by atoms with Gasteiger partial charge in [-0.3, -0.25) is 14.3 Å². The van der Waals surface area contributed by atoms with Gasteiger partial charge in [0, 0.05) is 23.7 Å². The van der Waals surface area contributed by atoms with E-state index in [0.29, 0.717) is 17.1 Å². The van der Waals surface area contributed by atoms with E-state index in [-0.39, 0.29) is 18.9 Å². The van der Waals surface area contributed by atoms with Crippen molar-refractivity contribution >= 4 is 10.8 Å². The van der Waals surface area contributed by atoms with Gasteiger partial charge in [-0.15, -0.1) is 0 Å². The number of aromatic nitrogens is 2. The van der Waals surface area contributed by atoms with Gasteiger partial charge in [0.2, 0.25) is 0 Å². The fraction of sp³-hybridized carbons (Fsp3) is 0.0870. The third-order valence-corrected chi connectivity index (χ3v) is 4.58. The Morgan fingerprint density at radius 3 is 2.68 bits per heavy atom. The van der Waals surface area contributed by atoms with Gasteiger partial charge in [-0.25, -0.2) is 9.18 Å². The standard InChI is InChI=1S/C23H16FN3O4/c24-17-5-7-20(21(13-17)30-11-10-27-9-8-22(28)26-23(27)29)31-19-3-1-2-16-12-15(14-25)4-6-18(16)19/h1-9,12-13H,10-11H2,(H,26,28,29). The molecule has 3 aromatic carbocycles. The van der Waals surface area contributed by atoms with Crippen molar-refractivity contribution in [1.82, 2.24) is 9.55 Å². The highest BCUT2D eigenvalue weighted by molar-refractivity contribution is 5.89. The number of rotatable bonds is 6. The Hall–Kier alpha value is -4.38. The van der Waals surface area contributed by atoms with Crippen molar-refractivity contribution in [3.05, 3.63) is 99.1 Å². The van der Waals surface area contributed by atoms with Crippen LogP contribution in [0.2, 0.25) is 0 Å². The summed E-state index contributed by atoms with van der Waals surface area (Å²) in [5, 5.41) is 10.7. The molecule has 0 saturated heterocycles. The van der Waals surface area contributed by atoms with Gasteiger partial charge >= 0.3 is 5.69 Å². The van der Waals surface area contributed by atoms with E-state index in [1.165, 1.54) is 35.0 Å². The van der Waals surface area contributed by atoms with Crippen LogP contribution in [-0.2, 0) is 6.54 Å². The van der Waals surface area contributed by atoms with Gasteiger partial charge in [-0.1, -0.05) is 12.1 Å². The number of nitriles is 1. The molecule has 1 N–H and O–H groups in total. The monoisotopic (exact) mass is 417 g/mol. The first-order valence-corrected chi connectivity index (χ1v) is 9.36. The van der Waals surface area contributed by atoms with Crippen molar-refractivity contribution in [2.45, 2.75) is 6.54 Å². The SMILES string of the molecule is N#Cc1ccc2c(Oc3ccc(F)cc3OCCn3ccc(=O)[nH]c3=O)cccc2c1. The lowest BCUT2D eigenvalue weighted by Crippen LogP contribution is -2.30. The van der Waals surface area contributed by atoms with Crippen molar-refractivity contribution in [3.8, 4) is 23.3 Å². The second kappa shape index (κ2) is 8.55. The van der Waals surface area contributed by atoms with E-state index >= 15 is 0 Å². The highest BCUT2D eigenvalue weighted by Crippen LogP contribution is 2.36. The van der Waals surface area contributed by atoms with E-state index in [9.17, 15) is 14.0 Å². The zero-order valence-corrected chi connectivity index (χ0v) is 16.2. The summed E-state index contributed by atoms with van der Waals surface area (Å²) in [6, 6.07) is 17.9. The minimum Gasteiger partial charge on any atom is -0.488 e. The molecule has 4 aromatic rings. The molecule has 0 aliphatic heterocycles. The molecule has 31 heavy (non-hydrogen) atoms. The molecule has 0 radical (unpaired) electrons. The molecule has 7 nitrogen and oxygen atoms in total. The first kappa shape index (κ1) is 19.9. The zero-order chi connectivity index (χ0) is 21.8. The minimum atomic E-state index is -0.556. The van der Waals surface area contributed by atoms with Gasteiger partial charge in [0.25, 0.3) is 5.56 Å². The van der Waals surface area contributed by atoms with Gasteiger partial charge in [0.1, 0.15) is 18.2 Å². The molecule has 0 aliphatic rings. The van der Waals surface area contributed by atoms with E-state index in [2.05, 4.69) is 11.1 Å². The largest absolute Gasteiger partial charge is 0.488 e. The first-order valence-electron chi connectivity index (χ1n) is 9.36. The predicted molar refractivity (Wildman–Crippen MR) is 112 cm³/mol. The van der Waals surface area contributed by atoms with E-state index < -0.39 is 17.1 Å². The van der Waals surface area contributed by atoms with E-state index in [1.807, 2.05) is 6.07 Å². The third-order valence-electron chi connectivity index (χ3n) is 4.58. The predicted octanol–water partition coefficient (Wildman–Crippen LogP) is 3.57. The van der Waals surface area contributed by atoms with Gasteiger partial charge in [-0.05, 0) is 41.8 Å². The molecule has 0 amide bonds. The molecule has 0 saturated carbocycles. The normalized spacial score (nSPS) is 10.6. The molecule has 1 aromatic heterocycles. The lowest BCUT2D eigenvalue weighted by atomic mass is 10.1. The summed E-state index contributed by atoms with van der Waals surface area (Å²) in [4.78, 5) is 25.1. The maximum atomic E-state index is 13.8. The molecule has 0 unspecified atom stereocenters. The summed E-state index contributed by atoms with van der Waals surface area (Å²) in [5.41, 5.74) is -0.507. The lowest BCUT2D eigenvalue weighted by Gasteiger charge is -2.14. The molecular weight excluding hydrogens is 401 g/mol. The smallest absolute Gasteiger partial charge is 0.328 e. The zero-order valence-electron chi connectivity index (χ0n) is 16.2. The van der Waals surface area contributed by atoms with Crippen LogP contribution in [0.1, 0.15) is 5.56 Å². The number of halogens is 1. The minimum absolute atomic E-state index is 0.0484. The van der Waals surface area contributed by atoms with Crippen molar-refractivity contribution in [2.24, 2.45) is 0 Å². The van der Waals surface area contributed by atoms with Gasteiger partial charge in [0.05, 0.1) is 18.2 Å². The van der Waals surface area contributed by atoms with Crippen molar-refractivity contribution in [3.63, 3.8) is 0 Å². The van der Waals surface area contributed by atoms with Crippen molar-refractivity contribution < 1.29 is 13.9 Å². The first-order chi connectivity index (χ1) is 15.0. The quantitative estimate of drug-likeness (QED) is 0.517. The Bertz CT molecular complexity index is 1420. The highest BCUT2D eigenvalue weighted by atomic mass is 19.1. The summed E-state index contributed by atoms with van der Waals surface area (Å²) in [5.74, 6) is 0.491. The molecule has 154 valence electrons. The van der Waals surface area contributed by atoms with Crippen LogP contribution in [0.3, 0.4) is 0 Å². The second-order valence-corrected chi connectivity index (χ2v) is 6.65.